The summed E-state index contributed by atoms with van der Waals surface area (Å²) >= 11 is 30.3. The van der Waals surface area contributed by atoms with Gasteiger partial charge in [0.25, 0.3) is 5.69 Å². The maximum atomic E-state index is 11.9. The third kappa shape index (κ3) is 9.25. The van der Waals surface area contributed by atoms with E-state index in [1.54, 1.807) is 54.6 Å². The van der Waals surface area contributed by atoms with E-state index < -0.39 is 16.9 Å². The van der Waals surface area contributed by atoms with E-state index in [2.05, 4.69) is 25.9 Å². The Balaban J connectivity index is 0.000000193. The Kier molecular flexibility index (Phi) is 12.7. The number of aromatic carboxylic acids is 1. The van der Waals surface area contributed by atoms with Crippen LogP contribution in [-0.4, -0.2) is 39.0 Å². The third-order valence-corrected chi connectivity index (χ3v) is 11.9. The zero-order valence-electron chi connectivity index (χ0n) is 27.9. The fraction of sp³-hybridized carbons (Fsp3) is 0.0256. The average molecular weight is 914 g/mol. The van der Waals surface area contributed by atoms with Crippen molar-refractivity contribution in [2.45, 2.75) is 0 Å². The molecule has 0 unspecified atom stereocenters. The van der Waals surface area contributed by atoms with Crippen LogP contribution in [0.5, 0.6) is 0 Å². The Hall–Kier alpha value is -4.66. The molecule has 0 atom stereocenters. The van der Waals surface area contributed by atoms with E-state index >= 15 is 0 Å². The molecule has 0 amide bonds. The quantitative estimate of drug-likeness (QED) is 0.0905. The molecule has 0 radical (unpaired) electrons. The van der Waals surface area contributed by atoms with E-state index in [1.165, 1.54) is 54.0 Å². The lowest BCUT2D eigenvalue weighted by molar-refractivity contribution is -0.384. The van der Waals surface area contributed by atoms with Crippen molar-refractivity contribution in [1.29, 1.82) is 0 Å². The molecule has 0 saturated heterocycles. The van der Waals surface area contributed by atoms with Gasteiger partial charge in [0, 0.05) is 49.6 Å². The normalized spacial score (nSPS) is 10.7. The summed E-state index contributed by atoms with van der Waals surface area (Å²) in [5.74, 6) is -1.53. The molecular weight excluding hydrogens is 892 g/mol. The summed E-state index contributed by atoms with van der Waals surface area (Å²) in [6.07, 6.45) is 0. The highest BCUT2D eigenvalue weighted by Crippen LogP contribution is 2.36. The topological polar surface area (TPSA) is 133 Å². The second kappa shape index (κ2) is 17.4. The number of methoxy groups -OCH3 is 1. The van der Waals surface area contributed by atoms with E-state index in [0.29, 0.717) is 57.5 Å². The molecule has 2 heterocycles. The van der Waals surface area contributed by atoms with Crippen LogP contribution < -0.4 is 0 Å². The molecule has 276 valence electrons. The van der Waals surface area contributed by atoms with Gasteiger partial charge < -0.3 is 9.84 Å². The molecule has 5 aromatic carbocycles. The Morgan fingerprint density at radius 2 is 1.22 bits per heavy atom. The number of thiazole rings is 2. The number of aromatic nitrogens is 2. The summed E-state index contributed by atoms with van der Waals surface area (Å²) in [4.78, 5) is 43.5. The number of carboxylic acids is 1. The van der Waals surface area contributed by atoms with Crippen molar-refractivity contribution in [2.75, 3.05) is 7.11 Å². The van der Waals surface area contributed by atoms with E-state index in [-0.39, 0.29) is 11.3 Å². The highest BCUT2D eigenvalue weighted by molar-refractivity contribution is 9.10. The van der Waals surface area contributed by atoms with Gasteiger partial charge in [0.05, 0.1) is 54.6 Å². The number of ether oxygens (including phenoxy) is 1. The van der Waals surface area contributed by atoms with Crippen molar-refractivity contribution in [3.8, 4) is 54.8 Å². The van der Waals surface area contributed by atoms with Crippen molar-refractivity contribution in [3.63, 3.8) is 0 Å². The van der Waals surface area contributed by atoms with Crippen LogP contribution >= 0.6 is 85.0 Å². The molecule has 7 aromatic rings. The first-order valence-electron chi connectivity index (χ1n) is 15.7. The lowest BCUT2D eigenvalue weighted by Gasteiger charge is -2.08. The van der Waals surface area contributed by atoms with Crippen LogP contribution in [0.25, 0.3) is 54.8 Å². The van der Waals surface area contributed by atoms with Gasteiger partial charge in [-0.25, -0.2) is 19.6 Å². The van der Waals surface area contributed by atoms with Crippen molar-refractivity contribution in [1.82, 2.24) is 9.97 Å². The van der Waals surface area contributed by atoms with Gasteiger partial charge in [-0.3, -0.25) is 10.1 Å². The summed E-state index contributed by atoms with van der Waals surface area (Å²) in [5.41, 5.74) is 5.87. The smallest absolute Gasteiger partial charge is 0.339 e. The number of hydrogen-bond donors (Lipinski definition) is 1. The number of carbonyl (C=O) groups is 2. The second-order valence-electron chi connectivity index (χ2n) is 11.4. The zero-order chi connectivity index (χ0) is 39.4. The summed E-state index contributed by atoms with van der Waals surface area (Å²) in [6.45, 7) is 0. The number of esters is 1. The van der Waals surface area contributed by atoms with E-state index in [4.69, 9.17) is 51.1 Å². The Bertz CT molecular complexity index is 2620. The number of nitro benzene ring substituents is 1. The number of halogens is 5. The minimum Gasteiger partial charge on any atom is -0.478 e. The molecule has 7 rings (SSSR count). The van der Waals surface area contributed by atoms with Gasteiger partial charge in [-0.2, -0.15) is 0 Å². The number of hydrogen-bond acceptors (Lipinski definition) is 9. The van der Waals surface area contributed by atoms with E-state index in [9.17, 15) is 24.8 Å². The zero-order valence-corrected chi connectivity index (χ0v) is 34.2. The maximum absolute atomic E-state index is 11.9. The summed E-state index contributed by atoms with van der Waals surface area (Å²) in [7, 11) is 1.35. The molecule has 0 spiro atoms. The van der Waals surface area contributed by atoms with Gasteiger partial charge in [-0.05, 0) is 69.5 Å². The number of benzene rings is 5. The van der Waals surface area contributed by atoms with Gasteiger partial charge >= 0.3 is 11.9 Å². The summed E-state index contributed by atoms with van der Waals surface area (Å²) in [5, 5.41) is 27.9. The molecule has 55 heavy (non-hydrogen) atoms. The first-order valence-corrected chi connectivity index (χ1v) is 19.7. The molecule has 0 aliphatic carbocycles. The molecule has 0 fully saturated rings. The molecule has 0 aliphatic rings. The van der Waals surface area contributed by atoms with Crippen molar-refractivity contribution in [2.24, 2.45) is 0 Å². The van der Waals surface area contributed by atoms with Crippen LogP contribution in [0.1, 0.15) is 20.7 Å². The van der Waals surface area contributed by atoms with Crippen LogP contribution in [0, 0.1) is 10.1 Å². The molecule has 2 aromatic heterocycles. The molecule has 9 nitrogen and oxygen atoms in total. The van der Waals surface area contributed by atoms with Crippen LogP contribution in [0.2, 0.25) is 20.1 Å². The Labute approximate surface area is 350 Å². The monoisotopic (exact) mass is 911 g/mol. The molecular formula is C39H22BrCl4N3O6S2. The standard InChI is InChI=1S/C22H12Cl2N2O4S.C17H10BrCl2NO2S/c23-18-7-5-13(10-19(18)24)20-11-31-21(25-20)14-4-6-16(17(9-14)22(27)28)12-2-1-3-15(8-12)26(29)30;1-23-17(22)11-6-10(2-4-12(11)18)16-21-15(8-24-16)9-3-5-13(19)14(20)7-9/h1-11H,(H,27,28);2-8H,1H3. The second-order valence-corrected chi connectivity index (χ2v) is 15.6. The van der Waals surface area contributed by atoms with Crippen LogP contribution in [0.3, 0.4) is 0 Å². The number of non-ortho nitro benzene ring substituents is 1. The van der Waals surface area contributed by atoms with Gasteiger partial charge in [-0.1, -0.05) is 88.9 Å². The minimum absolute atomic E-state index is 0.0317. The summed E-state index contributed by atoms with van der Waals surface area (Å²) < 4.78 is 5.47. The number of nitrogens with zero attached hydrogens (tertiary/aromatic N) is 3. The molecule has 1 N–H and O–H groups in total. The van der Waals surface area contributed by atoms with Crippen molar-refractivity contribution >= 4 is 103 Å². The number of rotatable bonds is 8. The lowest BCUT2D eigenvalue weighted by Crippen LogP contribution is -2.02. The van der Waals surface area contributed by atoms with Crippen LogP contribution in [0.4, 0.5) is 5.69 Å². The fourth-order valence-electron chi connectivity index (χ4n) is 5.21. The van der Waals surface area contributed by atoms with E-state index in [0.717, 1.165) is 27.4 Å². The fourth-order valence-corrected chi connectivity index (χ4v) is 7.86. The number of nitro groups is 1. The van der Waals surface area contributed by atoms with Crippen molar-refractivity contribution < 1.29 is 24.4 Å². The predicted octanol–water partition coefficient (Wildman–Crippen LogP) is 13.4. The largest absolute Gasteiger partial charge is 0.478 e. The number of carbonyl (C=O) groups excluding carboxylic acids is 1. The van der Waals surface area contributed by atoms with Crippen molar-refractivity contribution in [3.05, 3.63) is 154 Å². The average Bonchev–Trinajstić information content (AvgIpc) is 3.89. The molecule has 0 bridgehead atoms. The first-order chi connectivity index (χ1) is 26.3. The number of carboxylic acid groups (broad SMARTS) is 1. The highest BCUT2D eigenvalue weighted by atomic mass is 79.9. The van der Waals surface area contributed by atoms with Gasteiger partial charge in [0.2, 0.25) is 0 Å². The first kappa shape index (κ1) is 40.0. The highest BCUT2D eigenvalue weighted by Gasteiger charge is 2.18. The van der Waals surface area contributed by atoms with Gasteiger partial charge in [0.15, 0.2) is 0 Å². The minimum atomic E-state index is -1.13. The summed E-state index contributed by atoms with van der Waals surface area (Å²) in [6, 6.07) is 26.9. The van der Waals surface area contributed by atoms with Crippen LogP contribution in [0.15, 0.2) is 112 Å². The Morgan fingerprint density at radius 1 is 0.691 bits per heavy atom. The lowest BCUT2D eigenvalue weighted by atomic mass is 9.97. The van der Waals surface area contributed by atoms with Gasteiger partial charge in [0.1, 0.15) is 10.0 Å². The third-order valence-electron chi connectivity index (χ3n) is 7.92. The van der Waals surface area contributed by atoms with Crippen LogP contribution in [-0.2, 0) is 4.74 Å². The molecule has 0 saturated carbocycles. The molecule has 0 aliphatic heterocycles. The predicted molar refractivity (Wildman–Crippen MR) is 224 cm³/mol. The Morgan fingerprint density at radius 3 is 1.73 bits per heavy atom. The van der Waals surface area contributed by atoms with Gasteiger partial charge in [-0.15, -0.1) is 22.7 Å². The molecule has 16 heteroatoms. The SMILES string of the molecule is COC(=O)c1cc(-c2nc(-c3ccc(Cl)c(Cl)c3)cs2)ccc1Br.O=C(O)c1cc(-c2nc(-c3ccc(Cl)c(Cl)c3)cs2)ccc1-c1cccc([N+](=O)[O-])c1. The maximum Gasteiger partial charge on any atom is 0.339 e. The van der Waals surface area contributed by atoms with E-state index in [1.807, 2.05) is 29.0 Å².